The van der Waals surface area contributed by atoms with Crippen molar-refractivity contribution in [1.82, 2.24) is 0 Å². The smallest absolute Gasteiger partial charge is 0.338 e. The van der Waals surface area contributed by atoms with Crippen molar-refractivity contribution < 1.29 is 24.2 Å². The molecule has 0 aliphatic carbocycles. The number of ether oxygens (including phenoxy) is 2. The molecule has 0 radical (unpaired) electrons. The lowest BCUT2D eigenvalue weighted by Crippen LogP contribution is -2.33. The zero-order chi connectivity index (χ0) is 23.3. The highest BCUT2D eigenvalue weighted by Gasteiger charge is 2.33. The first kappa shape index (κ1) is 26.2. The van der Waals surface area contributed by atoms with Crippen LogP contribution < -0.4 is 0 Å². The van der Waals surface area contributed by atoms with E-state index in [4.69, 9.17) is 9.47 Å². The number of ketones is 1. The molecule has 1 aromatic carbocycles. The zero-order valence-corrected chi connectivity index (χ0v) is 20.2. The van der Waals surface area contributed by atoms with Gasteiger partial charge in [-0.1, -0.05) is 48.5 Å². The van der Waals surface area contributed by atoms with E-state index in [1.807, 2.05) is 13.8 Å². The van der Waals surface area contributed by atoms with Gasteiger partial charge in [-0.2, -0.15) is 0 Å². The van der Waals surface area contributed by atoms with Gasteiger partial charge < -0.3 is 14.6 Å². The third-order valence-corrected chi connectivity index (χ3v) is 6.15. The van der Waals surface area contributed by atoms with Crippen LogP contribution in [0.25, 0.3) is 0 Å². The summed E-state index contributed by atoms with van der Waals surface area (Å²) in [5, 5.41) is 9.87. The van der Waals surface area contributed by atoms with E-state index in [1.54, 1.807) is 13.8 Å². The molecule has 0 aliphatic rings. The number of carbonyl (C=O) groups is 2. The number of aromatic hydroxyl groups is 1. The summed E-state index contributed by atoms with van der Waals surface area (Å²) in [6.45, 7) is 19.5. The summed E-state index contributed by atoms with van der Waals surface area (Å²) < 4.78 is 11.4. The molecule has 1 aromatic rings. The summed E-state index contributed by atoms with van der Waals surface area (Å²) in [5.74, 6) is -1.04. The SMILES string of the molecule is CC(C)C(=O)c1cc(O)cc(C(=O)OCCC(C)(C)OCCC(C)(C)C(C)(C)C)c1. The second-order valence-corrected chi connectivity index (χ2v) is 10.7. The lowest BCUT2D eigenvalue weighted by molar-refractivity contribution is -0.0542. The van der Waals surface area contributed by atoms with Crippen LogP contribution in [-0.2, 0) is 9.47 Å². The van der Waals surface area contributed by atoms with Crippen molar-refractivity contribution in [3.63, 3.8) is 0 Å². The molecule has 5 nitrogen and oxygen atoms in total. The van der Waals surface area contributed by atoms with Crippen LogP contribution >= 0.6 is 0 Å². The number of carbonyl (C=O) groups excluding carboxylic acids is 2. The topological polar surface area (TPSA) is 72.8 Å². The average Bonchev–Trinajstić information content (AvgIpc) is 2.58. The minimum absolute atomic E-state index is 0.126. The Labute approximate surface area is 182 Å². The standard InChI is InChI=1S/C25H40O5/c1-17(2)21(27)18-14-19(16-20(26)15-18)22(28)29-12-11-25(8,9)30-13-10-24(6,7)23(3,4)5/h14-17,26H,10-13H2,1-9H3. The molecule has 5 heteroatoms. The van der Waals surface area contributed by atoms with E-state index in [0.717, 1.165) is 6.42 Å². The molecule has 0 saturated carbocycles. The molecule has 0 saturated heterocycles. The lowest BCUT2D eigenvalue weighted by Gasteiger charge is -2.39. The fourth-order valence-corrected chi connectivity index (χ4v) is 2.71. The second-order valence-electron chi connectivity index (χ2n) is 10.7. The quantitative estimate of drug-likeness (QED) is 0.369. The van der Waals surface area contributed by atoms with Gasteiger partial charge in [0.05, 0.1) is 17.8 Å². The number of rotatable bonds is 10. The third kappa shape index (κ3) is 7.75. The van der Waals surface area contributed by atoms with Gasteiger partial charge in [0.15, 0.2) is 5.78 Å². The predicted octanol–water partition coefficient (Wildman–Crippen LogP) is 6.04. The van der Waals surface area contributed by atoms with Gasteiger partial charge in [0.25, 0.3) is 0 Å². The van der Waals surface area contributed by atoms with Gasteiger partial charge in [-0.25, -0.2) is 4.79 Å². The number of hydrogen-bond acceptors (Lipinski definition) is 5. The zero-order valence-electron chi connectivity index (χ0n) is 20.2. The molecule has 0 heterocycles. The summed E-state index contributed by atoms with van der Waals surface area (Å²) in [5.41, 5.74) is 0.390. The number of phenolic OH excluding ortho intramolecular Hbond substituents is 1. The maximum absolute atomic E-state index is 12.4. The molecule has 1 N–H and O–H groups in total. The lowest BCUT2D eigenvalue weighted by atomic mass is 9.67. The van der Waals surface area contributed by atoms with Crippen LogP contribution in [-0.4, -0.2) is 35.7 Å². The van der Waals surface area contributed by atoms with Crippen molar-refractivity contribution in [2.24, 2.45) is 16.7 Å². The predicted molar refractivity (Wildman–Crippen MR) is 120 cm³/mol. The summed E-state index contributed by atoms with van der Waals surface area (Å²) in [6.07, 6.45) is 1.49. The van der Waals surface area contributed by atoms with Crippen LogP contribution in [0.5, 0.6) is 5.75 Å². The van der Waals surface area contributed by atoms with Crippen LogP contribution in [0.4, 0.5) is 0 Å². The van der Waals surface area contributed by atoms with Crippen LogP contribution in [0.3, 0.4) is 0 Å². The van der Waals surface area contributed by atoms with Gasteiger partial charge in [-0.3, -0.25) is 4.79 Å². The molecule has 0 unspecified atom stereocenters. The molecule has 0 fully saturated rings. The maximum Gasteiger partial charge on any atom is 0.338 e. The first-order valence-corrected chi connectivity index (χ1v) is 10.7. The van der Waals surface area contributed by atoms with E-state index in [-0.39, 0.29) is 40.5 Å². The van der Waals surface area contributed by atoms with Crippen LogP contribution in [0.1, 0.15) is 95.9 Å². The van der Waals surface area contributed by atoms with Crippen molar-refractivity contribution >= 4 is 11.8 Å². The highest BCUT2D eigenvalue weighted by Crippen LogP contribution is 2.40. The molecule has 170 valence electrons. The first-order chi connectivity index (χ1) is 13.6. The monoisotopic (exact) mass is 420 g/mol. The van der Waals surface area contributed by atoms with Gasteiger partial charge >= 0.3 is 5.97 Å². The summed E-state index contributed by atoms with van der Waals surface area (Å²) >= 11 is 0. The summed E-state index contributed by atoms with van der Waals surface area (Å²) in [7, 11) is 0. The minimum atomic E-state index is -0.562. The Balaban J connectivity index is 2.60. The van der Waals surface area contributed by atoms with Gasteiger partial charge in [0.1, 0.15) is 5.75 Å². The molecule has 0 spiro atoms. The fourth-order valence-electron chi connectivity index (χ4n) is 2.71. The molecule has 0 aliphatic heterocycles. The number of hydrogen-bond donors (Lipinski definition) is 1. The molecule has 1 rings (SSSR count). The Hall–Kier alpha value is -1.88. The fraction of sp³-hybridized carbons (Fsp3) is 0.680. The van der Waals surface area contributed by atoms with E-state index in [9.17, 15) is 14.7 Å². The largest absolute Gasteiger partial charge is 0.508 e. The molecule has 0 amide bonds. The molecular formula is C25H40O5. The Morgan fingerprint density at radius 1 is 0.900 bits per heavy atom. The van der Waals surface area contributed by atoms with E-state index < -0.39 is 11.6 Å². The number of Topliss-reactive ketones (excluding diaryl/α,β-unsaturated/α-hetero) is 1. The van der Waals surface area contributed by atoms with E-state index in [2.05, 4.69) is 34.6 Å². The van der Waals surface area contributed by atoms with Gasteiger partial charge in [0, 0.05) is 24.5 Å². The maximum atomic E-state index is 12.4. The number of esters is 1. The molecular weight excluding hydrogens is 380 g/mol. The Kier molecular flexibility index (Phi) is 8.68. The number of benzene rings is 1. The second kappa shape index (κ2) is 9.95. The van der Waals surface area contributed by atoms with Crippen LogP contribution in [0, 0.1) is 16.7 Å². The molecule has 0 aromatic heterocycles. The Morgan fingerprint density at radius 2 is 1.47 bits per heavy atom. The van der Waals surface area contributed by atoms with E-state index in [1.165, 1.54) is 18.2 Å². The van der Waals surface area contributed by atoms with Crippen molar-refractivity contribution in [2.45, 2.75) is 80.8 Å². The van der Waals surface area contributed by atoms with Crippen molar-refractivity contribution in [2.75, 3.05) is 13.2 Å². The molecule has 0 bridgehead atoms. The first-order valence-electron chi connectivity index (χ1n) is 10.7. The van der Waals surface area contributed by atoms with E-state index in [0.29, 0.717) is 18.6 Å². The third-order valence-electron chi connectivity index (χ3n) is 6.15. The van der Waals surface area contributed by atoms with Crippen LogP contribution in [0.2, 0.25) is 0 Å². The van der Waals surface area contributed by atoms with Crippen molar-refractivity contribution in [3.8, 4) is 5.75 Å². The number of phenols is 1. The van der Waals surface area contributed by atoms with Crippen molar-refractivity contribution in [1.29, 1.82) is 0 Å². The average molecular weight is 421 g/mol. The Bertz CT molecular complexity index is 738. The summed E-state index contributed by atoms with van der Waals surface area (Å²) in [4.78, 5) is 24.6. The minimum Gasteiger partial charge on any atom is -0.508 e. The molecule has 0 atom stereocenters. The van der Waals surface area contributed by atoms with Crippen molar-refractivity contribution in [3.05, 3.63) is 29.3 Å². The normalized spacial score (nSPS) is 12.9. The highest BCUT2D eigenvalue weighted by atomic mass is 16.5. The van der Waals surface area contributed by atoms with Crippen LogP contribution in [0.15, 0.2) is 18.2 Å². The summed E-state index contributed by atoms with van der Waals surface area (Å²) in [6, 6.07) is 4.16. The highest BCUT2D eigenvalue weighted by molar-refractivity contribution is 6.00. The van der Waals surface area contributed by atoms with Gasteiger partial charge in [0.2, 0.25) is 0 Å². The van der Waals surface area contributed by atoms with Gasteiger partial charge in [-0.05, 0) is 49.3 Å². The Morgan fingerprint density at radius 3 is 2.00 bits per heavy atom. The molecule has 30 heavy (non-hydrogen) atoms. The van der Waals surface area contributed by atoms with Gasteiger partial charge in [-0.15, -0.1) is 0 Å². The van der Waals surface area contributed by atoms with E-state index >= 15 is 0 Å².